The Kier molecular flexibility index (Phi) is 4.64. The van der Waals surface area contributed by atoms with Crippen LogP contribution in [0.15, 0.2) is 16.2 Å². The lowest BCUT2D eigenvalue weighted by atomic mass is 10.2. The van der Waals surface area contributed by atoms with Gasteiger partial charge in [-0.1, -0.05) is 0 Å². The van der Waals surface area contributed by atoms with E-state index < -0.39 is 0 Å². The zero-order valence-electron chi connectivity index (χ0n) is 12.0. The zero-order valence-corrected chi connectivity index (χ0v) is 12.8. The molecule has 114 valence electrons. The highest BCUT2D eigenvalue weighted by atomic mass is 32.1. The fourth-order valence-corrected chi connectivity index (χ4v) is 3.12. The van der Waals surface area contributed by atoms with Crippen molar-refractivity contribution in [2.24, 2.45) is 0 Å². The minimum Gasteiger partial charge on any atom is -0.376 e. The first-order chi connectivity index (χ1) is 10.2. The van der Waals surface area contributed by atoms with E-state index in [1.54, 1.807) is 0 Å². The fourth-order valence-electron chi connectivity index (χ4n) is 2.40. The highest BCUT2D eigenvalue weighted by molar-refractivity contribution is 7.17. The molecule has 21 heavy (non-hydrogen) atoms. The van der Waals surface area contributed by atoms with Gasteiger partial charge in [-0.05, 0) is 24.9 Å². The SMILES string of the molecule is CN(CCC1COCCO1)Cc1nc2ccsc2c(=O)[nH]1. The molecule has 0 radical (unpaired) electrons. The molecular weight excluding hydrogens is 290 g/mol. The number of thiophene rings is 1. The molecule has 1 fully saturated rings. The number of hydrogen-bond donors (Lipinski definition) is 1. The number of ether oxygens (including phenoxy) is 2. The molecule has 0 aromatic carbocycles. The predicted molar refractivity (Wildman–Crippen MR) is 81.8 cm³/mol. The van der Waals surface area contributed by atoms with E-state index in [0.717, 1.165) is 18.5 Å². The molecular formula is C14H19N3O3S. The van der Waals surface area contributed by atoms with Gasteiger partial charge in [0.05, 0.1) is 38.0 Å². The normalized spacial score (nSPS) is 19.4. The molecule has 7 heteroatoms. The summed E-state index contributed by atoms with van der Waals surface area (Å²) in [6.45, 7) is 3.54. The standard InChI is InChI=1S/C14H19N3O3S/c1-17(4-2-10-9-19-5-6-20-10)8-12-15-11-3-7-21-13(11)14(18)16-12/h3,7,10H,2,4-6,8-9H2,1H3,(H,15,16,18). The maximum Gasteiger partial charge on any atom is 0.268 e. The second-order valence-electron chi connectivity index (χ2n) is 5.24. The van der Waals surface area contributed by atoms with E-state index in [1.807, 2.05) is 18.5 Å². The van der Waals surface area contributed by atoms with Gasteiger partial charge < -0.3 is 14.5 Å². The Balaban J connectivity index is 1.57. The van der Waals surface area contributed by atoms with Gasteiger partial charge in [0.25, 0.3) is 5.56 Å². The van der Waals surface area contributed by atoms with Crippen LogP contribution in [0.25, 0.3) is 10.2 Å². The van der Waals surface area contributed by atoms with Gasteiger partial charge in [-0.2, -0.15) is 0 Å². The molecule has 3 heterocycles. The van der Waals surface area contributed by atoms with Crippen LogP contribution in [0.4, 0.5) is 0 Å². The molecule has 1 saturated heterocycles. The third-order valence-corrected chi connectivity index (χ3v) is 4.40. The van der Waals surface area contributed by atoms with E-state index in [-0.39, 0.29) is 11.7 Å². The number of nitrogens with zero attached hydrogens (tertiary/aromatic N) is 2. The van der Waals surface area contributed by atoms with Gasteiger partial charge in [-0.3, -0.25) is 9.69 Å². The Hall–Kier alpha value is -1.28. The van der Waals surface area contributed by atoms with E-state index >= 15 is 0 Å². The van der Waals surface area contributed by atoms with Crippen LogP contribution < -0.4 is 5.56 Å². The first kappa shape index (κ1) is 14.6. The highest BCUT2D eigenvalue weighted by Gasteiger charge is 2.15. The van der Waals surface area contributed by atoms with Crippen molar-refractivity contribution in [2.45, 2.75) is 19.1 Å². The van der Waals surface area contributed by atoms with Crippen molar-refractivity contribution in [1.29, 1.82) is 0 Å². The summed E-state index contributed by atoms with van der Waals surface area (Å²) < 4.78 is 11.7. The van der Waals surface area contributed by atoms with Gasteiger partial charge in [0.2, 0.25) is 0 Å². The van der Waals surface area contributed by atoms with Gasteiger partial charge in [0, 0.05) is 6.54 Å². The van der Waals surface area contributed by atoms with Gasteiger partial charge in [0.1, 0.15) is 10.5 Å². The van der Waals surface area contributed by atoms with Crippen LogP contribution in [0.2, 0.25) is 0 Å². The van der Waals surface area contributed by atoms with E-state index in [9.17, 15) is 4.79 Å². The van der Waals surface area contributed by atoms with E-state index in [0.29, 0.717) is 36.9 Å². The van der Waals surface area contributed by atoms with Gasteiger partial charge in [-0.25, -0.2) is 4.98 Å². The lowest BCUT2D eigenvalue weighted by Gasteiger charge is -2.25. The monoisotopic (exact) mass is 309 g/mol. The number of hydrogen-bond acceptors (Lipinski definition) is 6. The minimum atomic E-state index is -0.0533. The molecule has 0 amide bonds. The molecule has 1 N–H and O–H groups in total. The number of rotatable bonds is 5. The van der Waals surface area contributed by atoms with Crippen LogP contribution in [-0.4, -0.2) is 54.4 Å². The molecule has 1 aliphatic heterocycles. The van der Waals surface area contributed by atoms with E-state index in [1.165, 1.54) is 11.3 Å². The predicted octanol–water partition coefficient (Wildman–Crippen LogP) is 1.22. The number of H-pyrrole nitrogens is 1. The average Bonchev–Trinajstić information content (AvgIpc) is 2.95. The quantitative estimate of drug-likeness (QED) is 0.899. The molecule has 2 aromatic rings. The zero-order chi connectivity index (χ0) is 14.7. The second kappa shape index (κ2) is 6.65. The Morgan fingerprint density at radius 1 is 1.52 bits per heavy atom. The van der Waals surface area contributed by atoms with Crippen molar-refractivity contribution < 1.29 is 9.47 Å². The molecule has 6 nitrogen and oxygen atoms in total. The van der Waals surface area contributed by atoms with Gasteiger partial charge in [0.15, 0.2) is 0 Å². The fraction of sp³-hybridized carbons (Fsp3) is 0.571. The maximum absolute atomic E-state index is 11.9. The molecule has 0 spiro atoms. The lowest BCUT2D eigenvalue weighted by Crippen LogP contribution is -2.32. The molecule has 0 aliphatic carbocycles. The number of fused-ring (bicyclic) bond motifs is 1. The first-order valence-electron chi connectivity index (χ1n) is 7.06. The van der Waals surface area contributed by atoms with Gasteiger partial charge >= 0.3 is 0 Å². The number of aromatic nitrogens is 2. The molecule has 0 saturated carbocycles. The summed E-state index contributed by atoms with van der Waals surface area (Å²) in [6, 6.07) is 1.88. The van der Waals surface area contributed by atoms with Crippen LogP contribution in [-0.2, 0) is 16.0 Å². The van der Waals surface area contributed by atoms with Crippen molar-refractivity contribution in [3.8, 4) is 0 Å². The van der Waals surface area contributed by atoms with Crippen molar-refractivity contribution >= 4 is 21.6 Å². The highest BCUT2D eigenvalue weighted by Crippen LogP contribution is 2.14. The minimum absolute atomic E-state index is 0.0533. The molecule has 0 bridgehead atoms. The summed E-state index contributed by atoms with van der Waals surface area (Å²) in [7, 11) is 2.02. The summed E-state index contributed by atoms with van der Waals surface area (Å²) in [5.74, 6) is 0.703. The Bertz CT molecular complexity index is 648. The van der Waals surface area contributed by atoms with Crippen LogP contribution in [0.3, 0.4) is 0 Å². The topological polar surface area (TPSA) is 67.5 Å². The Morgan fingerprint density at radius 3 is 3.24 bits per heavy atom. The third-order valence-electron chi connectivity index (χ3n) is 3.50. The first-order valence-corrected chi connectivity index (χ1v) is 7.94. The van der Waals surface area contributed by atoms with Crippen LogP contribution >= 0.6 is 11.3 Å². The largest absolute Gasteiger partial charge is 0.376 e. The van der Waals surface area contributed by atoms with Crippen molar-refractivity contribution in [3.05, 3.63) is 27.6 Å². The summed E-state index contributed by atoms with van der Waals surface area (Å²) in [4.78, 5) is 21.4. The van der Waals surface area contributed by atoms with Crippen LogP contribution in [0.5, 0.6) is 0 Å². The Morgan fingerprint density at radius 2 is 2.43 bits per heavy atom. The van der Waals surface area contributed by atoms with Gasteiger partial charge in [-0.15, -0.1) is 11.3 Å². The molecule has 1 unspecified atom stereocenters. The van der Waals surface area contributed by atoms with Crippen molar-refractivity contribution in [2.75, 3.05) is 33.4 Å². The summed E-state index contributed by atoms with van der Waals surface area (Å²) >= 11 is 1.42. The molecule has 3 rings (SSSR count). The number of aromatic amines is 1. The van der Waals surface area contributed by atoms with Crippen molar-refractivity contribution in [3.63, 3.8) is 0 Å². The second-order valence-corrected chi connectivity index (χ2v) is 6.16. The van der Waals surface area contributed by atoms with Crippen LogP contribution in [0, 0.1) is 0 Å². The molecule has 2 aromatic heterocycles. The van der Waals surface area contributed by atoms with Crippen LogP contribution in [0.1, 0.15) is 12.2 Å². The summed E-state index contributed by atoms with van der Waals surface area (Å²) in [6.07, 6.45) is 1.09. The number of nitrogens with one attached hydrogen (secondary N) is 1. The summed E-state index contributed by atoms with van der Waals surface area (Å²) in [5, 5.41) is 1.89. The van der Waals surface area contributed by atoms with E-state index in [4.69, 9.17) is 9.47 Å². The smallest absolute Gasteiger partial charge is 0.268 e. The van der Waals surface area contributed by atoms with Crippen molar-refractivity contribution in [1.82, 2.24) is 14.9 Å². The molecule has 1 aliphatic rings. The molecule has 1 atom stereocenters. The summed E-state index contributed by atoms with van der Waals surface area (Å²) in [5.41, 5.74) is 0.721. The Labute approximate surface area is 126 Å². The lowest BCUT2D eigenvalue weighted by molar-refractivity contribution is -0.0924. The maximum atomic E-state index is 11.9. The van der Waals surface area contributed by atoms with E-state index in [2.05, 4.69) is 14.9 Å². The average molecular weight is 309 g/mol. The third kappa shape index (κ3) is 3.68.